The zero-order chi connectivity index (χ0) is 18.5. The number of aryl methyl sites for hydroxylation is 1. The summed E-state index contributed by atoms with van der Waals surface area (Å²) in [6.07, 6.45) is 0. The van der Waals surface area contributed by atoms with Crippen LogP contribution in [0.15, 0.2) is 50.5 Å². The van der Waals surface area contributed by atoms with Crippen LogP contribution in [0.25, 0.3) is 26.9 Å². The Morgan fingerprint density at radius 2 is 2.00 bits per heavy atom. The number of benzene rings is 1. The normalized spacial score (nSPS) is 11.7. The largest absolute Gasteiger partial charge is 0.301 e. The molecule has 0 amide bonds. The van der Waals surface area contributed by atoms with Crippen molar-refractivity contribution in [3.8, 4) is 0 Å². The summed E-state index contributed by atoms with van der Waals surface area (Å²) in [4.78, 5) is 32.6. The van der Waals surface area contributed by atoms with Gasteiger partial charge in [-0.3, -0.25) is 18.6 Å². The van der Waals surface area contributed by atoms with Gasteiger partial charge in [-0.15, -0.1) is 21.5 Å². The van der Waals surface area contributed by atoms with Crippen LogP contribution in [-0.2, 0) is 12.8 Å². The molecule has 0 saturated carbocycles. The number of para-hydroxylation sites is 1. The highest BCUT2D eigenvalue weighted by Crippen LogP contribution is 2.23. The first-order chi connectivity index (χ1) is 13.1. The fourth-order valence-electron chi connectivity index (χ4n) is 3.03. The van der Waals surface area contributed by atoms with Crippen molar-refractivity contribution in [3.05, 3.63) is 62.2 Å². The molecule has 4 aromatic heterocycles. The third-order valence-electron chi connectivity index (χ3n) is 4.34. The molecule has 1 N–H and O–H groups in total. The molecule has 4 heterocycles. The zero-order valence-corrected chi connectivity index (χ0v) is 15.7. The summed E-state index contributed by atoms with van der Waals surface area (Å²) in [5, 5.41) is 12.0. The van der Waals surface area contributed by atoms with Gasteiger partial charge in [-0.1, -0.05) is 23.9 Å². The van der Waals surface area contributed by atoms with Crippen molar-refractivity contribution >= 4 is 50.0 Å². The van der Waals surface area contributed by atoms with Crippen LogP contribution in [0.3, 0.4) is 0 Å². The lowest BCUT2D eigenvalue weighted by Gasteiger charge is -2.07. The topological polar surface area (TPSA) is 97.9 Å². The van der Waals surface area contributed by atoms with Crippen LogP contribution in [0.1, 0.15) is 5.82 Å². The summed E-state index contributed by atoms with van der Waals surface area (Å²) in [5.41, 5.74) is 0.493. The van der Waals surface area contributed by atoms with Gasteiger partial charge < -0.3 is 4.98 Å². The molecule has 0 radical (unpaired) electrons. The van der Waals surface area contributed by atoms with E-state index in [2.05, 4.69) is 20.2 Å². The molecule has 0 aliphatic heterocycles. The summed E-state index contributed by atoms with van der Waals surface area (Å²) in [6, 6.07) is 9.14. The van der Waals surface area contributed by atoms with Crippen molar-refractivity contribution in [2.75, 3.05) is 0 Å². The fraction of sp³-hybridized carbons (Fsp3) is 0.118. The number of hydrogen-bond acceptors (Lipinski definition) is 7. The van der Waals surface area contributed by atoms with E-state index in [9.17, 15) is 9.59 Å². The molecule has 0 unspecified atom stereocenters. The fourth-order valence-corrected chi connectivity index (χ4v) is 4.63. The van der Waals surface area contributed by atoms with Crippen LogP contribution < -0.4 is 11.1 Å². The third kappa shape index (κ3) is 2.48. The van der Waals surface area contributed by atoms with Crippen LogP contribution in [-0.4, -0.2) is 29.1 Å². The second-order valence-electron chi connectivity index (χ2n) is 5.93. The van der Waals surface area contributed by atoms with Crippen LogP contribution in [0.2, 0.25) is 0 Å². The highest BCUT2D eigenvalue weighted by molar-refractivity contribution is 7.98. The number of aromatic nitrogens is 6. The molecule has 8 nitrogen and oxygen atoms in total. The summed E-state index contributed by atoms with van der Waals surface area (Å²) in [7, 11) is 1.68. The van der Waals surface area contributed by atoms with Gasteiger partial charge in [-0.25, -0.2) is 4.98 Å². The average molecular weight is 396 g/mol. The Bertz CT molecular complexity index is 1450. The Hall–Kier alpha value is -2.98. The van der Waals surface area contributed by atoms with E-state index in [1.165, 1.54) is 27.7 Å². The number of nitrogens with one attached hydrogen (secondary N) is 1. The molecule has 134 valence electrons. The van der Waals surface area contributed by atoms with E-state index in [1.54, 1.807) is 19.2 Å². The number of nitrogens with zero attached hydrogens (tertiary/aromatic N) is 5. The molecule has 5 rings (SSSR count). The highest BCUT2D eigenvalue weighted by atomic mass is 32.2. The van der Waals surface area contributed by atoms with Crippen molar-refractivity contribution in [3.63, 3.8) is 0 Å². The molecule has 0 aliphatic rings. The molecule has 10 heteroatoms. The maximum atomic E-state index is 12.5. The van der Waals surface area contributed by atoms with E-state index in [-0.39, 0.29) is 11.1 Å². The minimum atomic E-state index is -0.150. The van der Waals surface area contributed by atoms with Gasteiger partial charge in [0.2, 0.25) is 5.78 Å². The summed E-state index contributed by atoms with van der Waals surface area (Å²) in [5.74, 6) is 1.60. The molecule has 0 aliphatic carbocycles. The Kier molecular flexibility index (Phi) is 3.62. The molecule has 0 saturated heterocycles. The average Bonchev–Trinajstić information content (AvgIpc) is 3.32. The zero-order valence-electron chi connectivity index (χ0n) is 14.0. The van der Waals surface area contributed by atoms with Crippen LogP contribution in [0.4, 0.5) is 0 Å². The summed E-state index contributed by atoms with van der Waals surface area (Å²) in [6.45, 7) is 0. The Morgan fingerprint density at radius 1 is 1.15 bits per heavy atom. The predicted octanol–water partition coefficient (Wildman–Crippen LogP) is 2.17. The van der Waals surface area contributed by atoms with E-state index in [1.807, 2.05) is 28.0 Å². The SMILES string of the molecule is Cn1c(=O)c2ccccc2n2c(CSc3nc4sccc4c(=O)[nH]3)nnc12. The molecule has 1 aromatic carbocycles. The van der Waals surface area contributed by atoms with E-state index in [0.717, 1.165) is 5.52 Å². The van der Waals surface area contributed by atoms with E-state index >= 15 is 0 Å². The van der Waals surface area contributed by atoms with Crippen molar-refractivity contribution in [1.82, 2.24) is 29.1 Å². The third-order valence-corrected chi connectivity index (χ3v) is 6.02. The van der Waals surface area contributed by atoms with Crippen LogP contribution >= 0.6 is 23.1 Å². The maximum Gasteiger partial charge on any atom is 0.262 e. The maximum absolute atomic E-state index is 12.5. The van der Waals surface area contributed by atoms with E-state index < -0.39 is 0 Å². The first-order valence-electron chi connectivity index (χ1n) is 8.05. The van der Waals surface area contributed by atoms with E-state index in [4.69, 9.17) is 0 Å². The Labute approximate surface area is 159 Å². The lowest BCUT2D eigenvalue weighted by molar-refractivity contribution is 0.857. The lowest BCUT2D eigenvalue weighted by Crippen LogP contribution is -2.20. The Morgan fingerprint density at radius 3 is 2.89 bits per heavy atom. The van der Waals surface area contributed by atoms with Gasteiger partial charge >= 0.3 is 0 Å². The van der Waals surface area contributed by atoms with Gasteiger partial charge in [0.1, 0.15) is 10.7 Å². The number of thiophene rings is 1. The molecule has 27 heavy (non-hydrogen) atoms. The number of H-pyrrole nitrogens is 1. The van der Waals surface area contributed by atoms with Crippen molar-refractivity contribution in [2.24, 2.45) is 7.05 Å². The molecular weight excluding hydrogens is 384 g/mol. The molecule has 0 spiro atoms. The number of fused-ring (bicyclic) bond motifs is 4. The molecule has 0 bridgehead atoms. The minimum absolute atomic E-state index is 0.112. The molecule has 5 aromatic rings. The van der Waals surface area contributed by atoms with Gasteiger partial charge in [0.25, 0.3) is 11.1 Å². The quantitative estimate of drug-likeness (QED) is 0.371. The second-order valence-corrected chi connectivity index (χ2v) is 7.79. The molecular formula is C17H12N6O2S2. The van der Waals surface area contributed by atoms with Crippen molar-refractivity contribution in [1.29, 1.82) is 0 Å². The van der Waals surface area contributed by atoms with Crippen LogP contribution in [0, 0.1) is 0 Å². The summed E-state index contributed by atoms with van der Waals surface area (Å²) < 4.78 is 3.35. The van der Waals surface area contributed by atoms with Crippen molar-refractivity contribution < 1.29 is 0 Å². The van der Waals surface area contributed by atoms with Gasteiger partial charge in [0.15, 0.2) is 5.16 Å². The first-order valence-corrected chi connectivity index (χ1v) is 9.92. The lowest BCUT2D eigenvalue weighted by atomic mass is 10.2. The molecule has 0 fully saturated rings. The van der Waals surface area contributed by atoms with E-state index in [0.29, 0.717) is 38.1 Å². The van der Waals surface area contributed by atoms with Gasteiger partial charge in [-0.2, -0.15) is 0 Å². The monoisotopic (exact) mass is 396 g/mol. The van der Waals surface area contributed by atoms with Crippen LogP contribution in [0.5, 0.6) is 0 Å². The number of hydrogen-bond donors (Lipinski definition) is 1. The number of aromatic amines is 1. The number of rotatable bonds is 3. The van der Waals surface area contributed by atoms with Gasteiger partial charge in [0.05, 0.1) is 22.0 Å². The van der Waals surface area contributed by atoms with Gasteiger partial charge in [0, 0.05) is 7.05 Å². The number of thioether (sulfide) groups is 1. The van der Waals surface area contributed by atoms with Gasteiger partial charge in [-0.05, 0) is 23.6 Å². The Balaban J connectivity index is 1.61. The predicted molar refractivity (Wildman–Crippen MR) is 106 cm³/mol. The second kappa shape index (κ2) is 6.03. The minimum Gasteiger partial charge on any atom is -0.301 e. The summed E-state index contributed by atoms with van der Waals surface area (Å²) >= 11 is 2.80. The smallest absolute Gasteiger partial charge is 0.262 e. The molecule has 0 atom stereocenters. The first kappa shape index (κ1) is 16.2. The van der Waals surface area contributed by atoms with Crippen molar-refractivity contribution in [2.45, 2.75) is 10.9 Å². The standard InChI is InChI=1S/C17H12N6O2S2/c1-22-15(25)9-4-2-3-5-11(9)23-12(20-21-17(22)23)8-27-16-18-13(24)10-6-7-26-14(10)19-16/h2-7H,8H2,1H3,(H,18,19,24). The highest BCUT2D eigenvalue weighted by Gasteiger charge is 2.15.